The predicted molar refractivity (Wildman–Crippen MR) is 72.0 cm³/mol. The number of rotatable bonds is 2. The van der Waals surface area contributed by atoms with E-state index in [0.29, 0.717) is 5.56 Å². The van der Waals surface area contributed by atoms with Crippen LogP contribution in [0.1, 0.15) is 41.7 Å². The summed E-state index contributed by atoms with van der Waals surface area (Å²) in [7, 11) is 1.37. The number of aromatic amines is 1. The second-order valence-electron chi connectivity index (χ2n) is 5.22. The number of esters is 1. The van der Waals surface area contributed by atoms with Crippen molar-refractivity contribution in [3.05, 3.63) is 35.5 Å². The van der Waals surface area contributed by atoms with Gasteiger partial charge in [-0.25, -0.2) is 4.79 Å². The van der Waals surface area contributed by atoms with Gasteiger partial charge in [-0.3, -0.25) is 0 Å². The van der Waals surface area contributed by atoms with Gasteiger partial charge in [-0.15, -0.1) is 0 Å². The highest BCUT2D eigenvalue weighted by Crippen LogP contribution is 2.39. The van der Waals surface area contributed by atoms with Gasteiger partial charge < -0.3 is 14.8 Å². The summed E-state index contributed by atoms with van der Waals surface area (Å²) in [6, 6.07) is 7.31. The molecule has 1 saturated carbocycles. The number of nitrogens with one attached hydrogen (secondary N) is 1. The Morgan fingerprint density at radius 3 is 2.74 bits per heavy atom. The highest BCUT2D eigenvalue weighted by Gasteiger charge is 2.34. The van der Waals surface area contributed by atoms with Gasteiger partial charge in [0.25, 0.3) is 0 Å². The fraction of sp³-hybridized carbons (Fsp3) is 0.400. The lowest BCUT2D eigenvalue weighted by atomic mass is 9.98. The lowest BCUT2D eigenvalue weighted by Gasteiger charge is -2.20. The molecule has 4 nitrogen and oxygen atoms in total. The van der Waals surface area contributed by atoms with E-state index >= 15 is 0 Å². The molecule has 0 saturated heterocycles. The molecule has 0 bridgehead atoms. The van der Waals surface area contributed by atoms with Crippen LogP contribution in [0.25, 0.3) is 10.9 Å². The highest BCUT2D eigenvalue weighted by atomic mass is 16.5. The Bertz CT molecular complexity index is 623. The third-order valence-electron chi connectivity index (χ3n) is 3.97. The number of benzene rings is 1. The summed E-state index contributed by atoms with van der Waals surface area (Å²) in [4.78, 5) is 14.8. The van der Waals surface area contributed by atoms with Gasteiger partial charge in [0.1, 0.15) is 5.60 Å². The quantitative estimate of drug-likeness (QED) is 0.815. The Hall–Kier alpha value is -1.81. The Kier molecular flexibility index (Phi) is 2.82. The molecule has 1 aromatic carbocycles. The molecular formula is C15H17NO3. The van der Waals surface area contributed by atoms with Crippen molar-refractivity contribution in [3.63, 3.8) is 0 Å². The molecule has 0 aliphatic heterocycles. The topological polar surface area (TPSA) is 62.3 Å². The molecule has 19 heavy (non-hydrogen) atoms. The zero-order chi connectivity index (χ0) is 13.5. The summed E-state index contributed by atoms with van der Waals surface area (Å²) in [5.74, 6) is -0.343. The molecule has 1 fully saturated rings. The molecule has 0 radical (unpaired) electrons. The zero-order valence-corrected chi connectivity index (χ0v) is 10.9. The van der Waals surface area contributed by atoms with Crippen LogP contribution in [0.3, 0.4) is 0 Å². The number of carbonyl (C=O) groups excluding carboxylic acids is 1. The van der Waals surface area contributed by atoms with Crippen LogP contribution in [-0.2, 0) is 10.3 Å². The zero-order valence-electron chi connectivity index (χ0n) is 10.9. The Morgan fingerprint density at radius 1 is 1.32 bits per heavy atom. The summed E-state index contributed by atoms with van der Waals surface area (Å²) in [5, 5.41) is 11.5. The number of ether oxygens (including phenoxy) is 1. The van der Waals surface area contributed by atoms with E-state index in [1.807, 2.05) is 12.1 Å². The summed E-state index contributed by atoms with van der Waals surface area (Å²) in [5.41, 5.74) is 1.58. The maximum Gasteiger partial charge on any atom is 0.337 e. The second-order valence-corrected chi connectivity index (χ2v) is 5.22. The molecule has 0 spiro atoms. The van der Waals surface area contributed by atoms with E-state index in [9.17, 15) is 9.90 Å². The van der Waals surface area contributed by atoms with Crippen molar-refractivity contribution in [2.24, 2.45) is 0 Å². The van der Waals surface area contributed by atoms with E-state index in [-0.39, 0.29) is 5.97 Å². The van der Waals surface area contributed by atoms with Crippen LogP contribution in [-0.4, -0.2) is 23.2 Å². The predicted octanol–water partition coefficient (Wildman–Crippen LogP) is 2.72. The molecule has 100 valence electrons. The maximum atomic E-state index is 11.5. The maximum absolute atomic E-state index is 11.5. The molecule has 2 N–H and O–H groups in total. The van der Waals surface area contributed by atoms with E-state index in [2.05, 4.69) is 4.98 Å². The number of methoxy groups -OCH3 is 1. The first kappa shape index (κ1) is 12.2. The summed E-state index contributed by atoms with van der Waals surface area (Å²) < 4.78 is 4.71. The van der Waals surface area contributed by atoms with Crippen molar-refractivity contribution in [1.82, 2.24) is 4.98 Å². The normalized spacial score (nSPS) is 17.8. The first-order valence-electron chi connectivity index (χ1n) is 6.56. The molecule has 3 rings (SSSR count). The molecule has 1 aromatic heterocycles. The monoisotopic (exact) mass is 259 g/mol. The van der Waals surface area contributed by atoms with Crippen LogP contribution >= 0.6 is 0 Å². The average molecular weight is 259 g/mol. The average Bonchev–Trinajstić information content (AvgIpc) is 3.03. The first-order chi connectivity index (χ1) is 9.12. The number of carbonyl (C=O) groups is 1. The Balaban J connectivity index is 2.03. The van der Waals surface area contributed by atoms with Gasteiger partial charge in [-0.05, 0) is 37.1 Å². The van der Waals surface area contributed by atoms with E-state index in [0.717, 1.165) is 42.3 Å². The highest BCUT2D eigenvalue weighted by molar-refractivity contribution is 5.94. The van der Waals surface area contributed by atoms with Crippen molar-refractivity contribution >= 4 is 16.9 Å². The molecular weight excluding hydrogens is 242 g/mol. The number of aromatic nitrogens is 1. The standard InChI is InChI=1S/C15H17NO3/c1-19-14(17)10-4-5-12-11(8-10)9-13(16-12)15(18)6-2-3-7-15/h4-5,8-9,16,18H,2-3,6-7H2,1H3. The number of fused-ring (bicyclic) bond motifs is 1. The van der Waals surface area contributed by atoms with Gasteiger partial charge in [-0.2, -0.15) is 0 Å². The van der Waals surface area contributed by atoms with Gasteiger partial charge in [0.15, 0.2) is 0 Å². The minimum Gasteiger partial charge on any atom is -0.465 e. The van der Waals surface area contributed by atoms with Gasteiger partial charge in [0.2, 0.25) is 0 Å². The van der Waals surface area contributed by atoms with E-state index in [1.54, 1.807) is 12.1 Å². The number of hydrogen-bond acceptors (Lipinski definition) is 3. The summed E-state index contributed by atoms with van der Waals surface area (Å²) in [6.45, 7) is 0. The van der Waals surface area contributed by atoms with E-state index in [4.69, 9.17) is 4.74 Å². The molecule has 4 heteroatoms. The summed E-state index contributed by atoms with van der Waals surface area (Å²) >= 11 is 0. The minimum atomic E-state index is -0.732. The van der Waals surface area contributed by atoms with Crippen molar-refractivity contribution in [2.45, 2.75) is 31.3 Å². The Labute approximate surface area is 111 Å². The largest absolute Gasteiger partial charge is 0.465 e. The van der Waals surface area contributed by atoms with Crippen LogP contribution in [0.2, 0.25) is 0 Å². The van der Waals surface area contributed by atoms with Crippen LogP contribution in [0.15, 0.2) is 24.3 Å². The van der Waals surface area contributed by atoms with Crippen molar-refractivity contribution < 1.29 is 14.6 Å². The minimum absolute atomic E-state index is 0.343. The smallest absolute Gasteiger partial charge is 0.337 e. The van der Waals surface area contributed by atoms with Crippen molar-refractivity contribution in [2.75, 3.05) is 7.11 Å². The number of H-pyrrole nitrogens is 1. The van der Waals surface area contributed by atoms with Crippen molar-refractivity contribution in [1.29, 1.82) is 0 Å². The Morgan fingerprint density at radius 2 is 2.05 bits per heavy atom. The van der Waals surface area contributed by atoms with E-state index < -0.39 is 5.60 Å². The fourth-order valence-electron chi connectivity index (χ4n) is 2.86. The molecule has 0 unspecified atom stereocenters. The molecule has 0 atom stereocenters. The van der Waals surface area contributed by atoms with Crippen LogP contribution in [0, 0.1) is 0 Å². The molecule has 0 amide bonds. The SMILES string of the molecule is COC(=O)c1ccc2[nH]c(C3(O)CCCC3)cc2c1. The number of aliphatic hydroxyl groups is 1. The van der Waals surface area contributed by atoms with Crippen molar-refractivity contribution in [3.8, 4) is 0 Å². The third-order valence-corrected chi connectivity index (χ3v) is 3.97. The number of hydrogen-bond donors (Lipinski definition) is 2. The molecule has 1 aliphatic carbocycles. The lowest BCUT2D eigenvalue weighted by Crippen LogP contribution is -2.21. The molecule has 1 aliphatic rings. The van der Waals surface area contributed by atoms with Crippen LogP contribution < -0.4 is 0 Å². The molecule has 1 heterocycles. The van der Waals surface area contributed by atoms with Gasteiger partial charge in [-0.1, -0.05) is 12.8 Å². The lowest BCUT2D eigenvalue weighted by molar-refractivity contribution is 0.0407. The van der Waals surface area contributed by atoms with Gasteiger partial charge >= 0.3 is 5.97 Å². The van der Waals surface area contributed by atoms with Gasteiger partial charge in [0.05, 0.1) is 12.7 Å². The van der Waals surface area contributed by atoms with Crippen LogP contribution in [0.4, 0.5) is 0 Å². The summed E-state index contributed by atoms with van der Waals surface area (Å²) in [6.07, 6.45) is 3.70. The second kappa shape index (κ2) is 4.38. The van der Waals surface area contributed by atoms with Crippen LogP contribution in [0.5, 0.6) is 0 Å². The first-order valence-corrected chi connectivity index (χ1v) is 6.56. The van der Waals surface area contributed by atoms with E-state index in [1.165, 1.54) is 7.11 Å². The molecule has 2 aromatic rings. The third kappa shape index (κ3) is 2.02. The van der Waals surface area contributed by atoms with Gasteiger partial charge in [0, 0.05) is 16.6 Å². The fourth-order valence-corrected chi connectivity index (χ4v) is 2.86.